The van der Waals surface area contributed by atoms with Crippen LogP contribution < -0.4 is 10.1 Å². The van der Waals surface area contributed by atoms with Crippen LogP contribution in [0.15, 0.2) is 42.7 Å². The van der Waals surface area contributed by atoms with Crippen LogP contribution in [0.3, 0.4) is 0 Å². The summed E-state index contributed by atoms with van der Waals surface area (Å²) >= 11 is 11.9. The van der Waals surface area contributed by atoms with Gasteiger partial charge in [-0.1, -0.05) is 23.2 Å². The first kappa shape index (κ1) is 18.5. The lowest BCUT2D eigenvalue weighted by Crippen LogP contribution is -2.23. The van der Waals surface area contributed by atoms with Crippen molar-refractivity contribution in [2.75, 3.05) is 6.61 Å². The third-order valence-corrected chi connectivity index (χ3v) is 4.36. The van der Waals surface area contributed by atoms with Crippen molar-refractivity contribution in [2.24, 2.45) is 0 Å². The van der Waals surface area contributed by atoms with Crippen LogP contribution in [0.4, 0.5) is 0 Å². The van der Waals surface area contributed by atoms with Crippen molar-refractivity contribution in [1.29, 1.82) is 0 Å². The van der Waals surface area contributed by atoms with Crippen LogP contribution in [0.5, 0.6) is 5.75 Å². The van der Waals surface area contributed by atoms with Crippen molar-refractivity contribution in [3.05, 3.63) is 64.0 Å². The molecule has 136 valence electrons. The number of nitrogens with zero attached hydrogens (tertiary/aromatic N) is 2. The van der Waals surface area contributed by atoms with Gasteiger partial charge in [0, 0.05) is 23.8 Å². The molecule has 0 spiro atoms. The third kappa shape index (κ3) is 4.90. The van der Waals surface area contributed by atoms with Gasteiger partial charge in [0.2, 0.25) is 5.91 Å². The molecular formula is C19H19Cl2N3O2. The second kappa shape index (κ2) is 8.43. The summed E-state index contributed by atoms with van der Waals surface area (Å²) in [4.78, 5) is 16.5. The first-order chi connectivity index (χ1) is 12.5. The van der Waals surface area contributed by atoms with E-state index in [0.29, 0.717) is 41.8 Å². The number of imidazole rings is 1. The number of rotatable bonds is 7. The first-order valence-electron chi connectivity index (χ1n) is 8.30. The topological polar surface area (TPSA) is 55.6 Å². The summed E-state index contributed by atoms with van der Waals surface area (Å²) in [7, 11) is 0. The van der Waals surface area contributed by atoms with Gasteiger partial charge in [0.15, 0.2) is 0 Å². The van der Waals surface area contributed by atoms with Gasteiger partial charge in [0.25, 0.3) is 0 Å². The van der Waals surface area contributed by atoms with Gasteiger partial charge in [-0.05, 0) is 49.2 Å². The molecule has 0 radical (unpaired) electrons. The van der Waals surface area contributed by atoms with Crippen LogP contribution in [0.2, 0.25) is 10.0 Å². The summed E-state index contributed by atoms with van der Waals surface area (Å²) in [5, 5.41) is 3.90. The van der Waals surface area contributed by atoms with Crippen LogP contribution in [0.1, 0.15) is 24.1 Å². The predicted octanol–water partition coefficient (Wildman–Crippen LogP) is 4.42. The molecule has 0 saturated heterocycles. The van der Waals surface area contributed by atoms with Crippen LogP contribution in [-0.2, 0) is 11.3 Å². The van der Waals surface area contributed by atoms with E-state index in [1.165, 1.54) is 0 Å². The number of carbonyl (C=O) groups excluding carboxylic acids is 1. The van der Waals surface area contributed by atoms with Gasteiger partial charge >= 0.3 is 0 Å². The van der Waals surface area contributed by atoms with Crippen molar-refractivity contribution in [1.82, 2.24) is 14.7 Å². The van der Waals surface area contributed by atoms with Crippen molar-refractivity contribution in [3.63, 3.8) is 0 Å². The molecule has 1 aromatic carbocycles. The molecule has 0 unspecified atom stereocenters. The molecule has 0 atom stereocenters. The highest BCUT2D eigenvalue weighted by Gasteiger charge is 2.06. The molecule has 0 aliphatic carbocycles. The third-order valence-electron chi connectivity index (χ3n) is 3.83. The van der Waals surface area contributed by atoms with Crippen LogP contribution >= 0.6 is 23.2 Å². The number of aromatic nitrogens is 2. The number of aryl methyl sites for hydroxylation is 1. The second-order valence-corrected chi connectivity index (χ2v) is 6.85. The van der Waals surface area contributed by atoms with Crippen molar-refractivity contribution in [2.45, 2.75) is 26.3 Å². The highest BCUT2D eigenvalue weighted by Crippen LogP contribution is 2.27. The monoisotopic (exact) mass is 391 g/mol. The molecule has 1 amide bonds. The van der Waals surface area contributed by atoms with Crippen molar-refractivity contribution in [3.8, 4) is 5.75 Å². The average molecular weight is 392 g/mol. The van der Waals surface area contributed by atoms with Gasteiger partial charge < -0.3 is 14.5 Å². The number of pyridine rings is 1. The molecule has 0 bridgehead atoms. The van der Waals surface area contributed by atoms with Gasteiger partial charge in [-0.15, -0.1) is 0 Å². The van der Waals surface area contributed by atoms with E-state index in [-0.39, 0.29) is 5.91 Å². The molecule has 5 nitrogen and oxygen atoms in total. The summed E-state index contributed by atoms with van der Waals surface area (Å²) in [5.74, 6) is 0.528. The number of carbonyl (C=O) groups is 1. The number of amides is 1. The zero-order valence-corrected chi connectivity index (χ0v) is 15.8. The number of nitrogens with one attached hydrogen (secondary N) is 1. The molecule has 1 N–H and O–H groups in total. The molecule has 3 rings (SSSR count). The quantitative estimate of drug-likeness (QED) is 0.606. The van der Waals surface area contributed by atoms with E-state index in [1.54, 1.807) is 18.2 Å². The molecule has 0 aliphatic rings. The molecule has 0 fully saturated rings. The lowest BCUT2D eigenvalue weighted by molar-refractivity contribution is -0.121. The van der Waals surface area contributed by atoms with Gasteiger partial charge in [-0.3, -0.25) is 4.79 Å². The summed E-state index contributed by atoms with van der Waals surface area (Å²) in [6.45, 7) is 2.83. The van der Waals surface area contributed by atoms with E-state index in [4.69, 9.17) is 27.9 Å². The summed E-state index contributed by atoms with van der Waals surface area (Å²) < 4.78 is 7.51. The average Bonchev–Trinajstić information content (AvgIpc) is 3.00. The van der Waals surface area contributed by atoms with Crippen molar-refractivity contribution < 1.29 is 9.53 Å². The lowest BCUT2D eigenvalue weighted by atomic mass is 10.3. The Morgan fingerprint density at radius 3 is 2.92 bits per heavy atom. The predicted molar refractivity (Wildman–Crippen MR) is 103 cm³/mol. The van der Waals surface area contributed by atoms with Crippen LogP contribution in [0, 0.1) is 6.92 Å². The van der Waals surface area contributed by atoms with Gasteiger partial charge in [0.05, 0.1) is 23.9 Å². The molecule has 26 heavy (non-hydrogen) atoms. The van der Waals surface area contributed by atoms with Crippen LogP contribution in [-0.4, -0.2) is 21.9 Å². The highest BCUT2D eigenvalue weighted by molar-refractivity contribution is 6.35. The molecule has 2 aromatic heterocycles. The summed E-state index contributed by atoms with van der Waals surface area (Å²) in [5.41, 5.74) is 2.86. The fourth-order valence-electron chi connectivity index (χ4n) is 2.51. The second-order valence-electron chi connectivity index (χ2n) is 6.01. The van der Waals surface area contributed by atoms with Crippen LogP contribution in [0.25, 0.3) is 5.65 Å². The Balaban J connectivity index is 1.41. The molecule has 0 saturated carbocycles. The normalized spacial score (nSPS) is 10.9. The van der Waals surface area contributed by atoms with E-state index in [9.17, 15) is 4.79 Å². The van der Waals surface area contributed by atoms with Gasteiger partial charge in [-0.25, -0.2) is 4.98 Å². The fraction of sp³-hybridized carbons (Fsp3) is 0.263. The van der Waals surface area contributed by atoms with E-state index in [0.717, 1.165) is 16.9 Å². The Labute approximate surface area is 161 Å². The minimum atomic E-state index is -0.0379. The number of hydrogen-bond donors (Lipinski definition) is 1. The number of ether oxygens (including phenoxy) is 1. The molecule has 7 heteroatoms. The number of halogens is 2. The van der Waals surface area contributed by atoms with E-state index >= 15 is 0 Å². The summed E-state index contributed by atoms with van der Waals surface area (Å²) in [6, 6.07) is 9.08. The Bertz CT molecular complexity index is 924. The highest BCUT2D eigenvalue weighted by atomic mass is 35.5. The Hall–Kier alpha value is -2.24. The smallest absolute Gasteiger partial charge is 0.220 e. The summed E-state index contributed by atoms with van der Waals surface area (Å²) in [6.07, 6.45) is 4.84. The largest absolute Gasteiger partial charge is 0.492 e. The van der Waals surface area contributed by atoms with E-state index in [1.807, 2.05) is 35.9 Å². The Kier molecular flexibility index (Phi) is 6.01. The lowest BCUT2D eigenvalue weighted by Gasteiger charge is -2.08. The van der Waals surface area contributed by atoms with E-state index in [2.05, 4.69) is 10.3 Å². The van der Waals surface area contributed by atoms with Crippen molar-refractivity contribution >= 4 is 34.8 Å². The minimum Gasteiger partial charge on any atom is -0.492 e. The molecular weight excluding hydrogens is 373 g/mol. The first-order valence-corrected chi connectivity index (χ1v) is 9.05. The standard InChI is InChI=1S/C19H19Cl2N3O2/c1-13-6-7-24-12-15(23-18(24)9-13)11-22-19(25)3-2-8-26-17-5-4-14(20)10-16(17)21/h4-7,9-10,12H,2-3,8,11H2,1H3,(H,22,25). The Morgan fingerprint density at radius 1 is 1.27 bits per heavy atom. The zero-order valence-electron chi connectivity index (χ0n) is 14.3. The SMILES string of the molecule is Cc1ccn2cc(CNC(=O)CCCOc3ccc(Cl)cc3Cl)nc2c1. The minimum absolute atomic E-state index is 0.0379. The molecule has 2 heterocycles. The Morgan fingerprint density at radius 2 is 2.12 bits per heavy atom. The number of hydrogen-bond acceptors (Lipinski definition) is 3. The molecule has 0 aliphatic heterocycles. The van der Waals surface area contributed by atoms with Gasteiger partial charge in [-0.2, -0.15) is 0 Å². The zero-order chi connectivity index (χ0) is 18.5. The maximum absolute atomic E-state index is 12.0. The van der Waals surface area contributed by atoms with E-state index < -0.39 is 0 Å². The molecule has 3 aromatic rings. The van der Waals surface area contributed by atoms with Gasteiger partial charge in [0.1, 0.15) is 11.4 Å². The fourth-order valence-corrected chi connectivity index (χ4v) is 2.97. The number of benzene rings is 1. The maximum Gasteiger partial charge on any atom is 0.220 e. The number of fused-ring (bicyclic) bond motifs is 1. The maximum atomic E-state index is 12.0.